The number of piperazine rings is 1. The minimum atomic E-state index is -3.19. The number of fused-ring (bicyclic) bond motifs is 1. The van der Waals surface area contributed by atoms with E-state index < -0.39 is 33.4 Å². The van der Waals surface area contributed by atoms with Crippen LogP contribution in [0.15, 0.2) is 18.2 Å². The van der Waals surface area contributed by atoms with Crippen LogP contribution in [0.5, 0.6) is 0 Å². The molecule has 1 aromatic carbocycles. The number of hydrogen-bond acceptors (Lipinski definition) is 4. The van der Waals surface area contributed by atoms with Gasteiger partial charge in [0.2, 0.25) is 0 Å². The Kier molecular flexibility index (Phi) is 3.68. The van der Waals surface area contributed by atoms with E-state index >= 15 is 0 Å². The molecule has 0 saturated carbocycles. The van der Waals surface area contributed by atoms with Gasteiger partial charge >= 0.3 is 0 Å². The molecule has 0 spiro atoms. The van der Waals surface area contributed by atoms with Crippen molar-refractivity contribution in [2.24, 2.45) is 0 Å². The van der Waals surface area contributed by atoms with Gasteiger partial charge in [-0.3, -0.25) is 9.69 Å². The number of sulfone groups is 1. The molecule has 0 aliphatic carbocycles. The fourth-order valence-electron chi connectivity index (χ4n) is 3.17. The molecule has 2 atom stereocenters. The van der Waals surface area contributed by atoms with Gasteiger partial charge in [-0.2, -0.15) is 0 Å². The average molecular weight is 330 g/mol. The van der Waals surface area contributed by atoms with E-state index in [1.54, 1.807) is 0 Å². The second-order valence-corrected chi connectivity index (χ2v) is 7.97. The lowest BCUT2D eigenvalue weighted by atomic mass is 10.0. The molecule has 0 aromatic heterocycles. The second-order valence-electron chi connectivity index (χ2n) is 5.82. The van der Waals surface area contributed by atoms with Crippen molar-refractivity contribution in [2.75, 3.05) is 31.6 Å². The summed E-state index contributed by atoms with van der Waals surface area (Å²) in [4.78, 5) is 16.0. The normalized spacial score (nSPS) is 27.7. The lowest BCUT2D eigenvalue weighted by molar-refractivity contribution is 0.0409. The van der Waals surface area contributed by atoms with Gasteiger partial charge in [0, 0.05) is 24.7 Å². The summed E-state index contributed by atoms with van der Waals surface area (Å²) in [5.74, 6) is -2.63. The maximum absolute atomic E-state index is 13.3. The molecule has 0 unspecified atom stereocenters. The van der Waals surface area contributed by atoms with Crippen LogP contribution in [0, 0.1) is 11.6 Å². The first-order valence-electron chi connectivity index (χ1n) is 6.95. The molecule has 0 radical (unpaired) electrons. The van der Waals surface area contributed by atoms with Crippen molar-refractivity contribution in [3.63, 3.8) is 0 Å². The first kappa shape index (κ1) is 15.4. The molecule has 2 aliphatic heterocycles. The summed E-state index contributed by atoms with van der Waals surface area (Å²) in [6, 6.07) is 2.30. The molecule has 2 fully saturated rings. The molecule has 22 heavy (non-hydrogen) atoms. The second kappa shape index (κ2) is 5.27. The predicted molar refractivity (Wildman–Crippen MR) is 76.3 cm³/mol. The summed E-state index contributed by atoms with van der Waals surface area (Å²) >= 11 is 0. The minimum absolute atomic E-state index is 0.0235. The number of benzene rings is 1. The summed E-state index contributed by atoms with van der Waals surface area (Å²) in [7, 11) is -1.36. The summed E-state index contributed by atoms with van der Waals surface area (Å²) in [6.45, 7) is 0.914. The number of hydrogen-bond donors (Lipinski definition) is 0. The highest BCUT2D eigenvalue weighted by molar-refractivity contribution is 7.91. The first-order valence-corrected chi connectivity index (χ1v) is 8.77. The molecule has 1 amide bonds. The smallest absolute Gasteiger partial charge is 0.254 e. The van der Waals surface area contributed by atoms with Gasteiger partial charge in [-0.25, -0.2) is 17.2 Å². The van der Waals surface area contributed by atoms with Gasteiger partial charge in [0.05, 0.1) is 17.5 Å². The van der Waals surface area contributed by atoms with Gasteiger partial charge in [0.1, 0.15) is 0 Å². The van der Waals surface area contributed by atoms with Crippen LogP contribution in [0.3, 0.4) is 0 Å². The van der Waals surface area contributed by atoms with Gasteiger partial charge in [-0.1, -0.05) is 0 Å². The average Bonchev–Trinajstić information content (AvgIpc) is 2.78. The van der Waals surface area contributed by atoms with Crippen LogP contribution in [0.4, 0.5) is 8.78 Å². The van der Waals surface area contributed by atoms with Gasteiger partial charge in [-0.05, 0) is 25.2 Å². The van der Waals surface area contributed by atoms with Gasteiger partial charge in [0.15, 0.2) is 21.5 Å². The number of amides is 1. The maximum Gasteiger partial charge on any atom is 0.254 e. The van der Waals surface area contributed by atoms with E-state index in [4.69, 9.17) is 0 Å². The van der Waals surface area contributed by atoms with E-state index in [-0.39, 0.29) is 23.1 Å². The lowest BCUT2D eigenvalue weighted by Crippen LogP contribution is -2.59. The standard InChI is InChI=1S/C14H16F2N2O3S/c1-17-4-5-18(13-8-22(20,21)7-12(13)17)14(19)9-2-3-10(15)11(16)6-9/h2-3,6,12-13H,4-5,7-8H2,1H3/t12-,13+/m1/s1. The molecular formula is C14H16F2N2O3S. The van der Waals surface area contributed by atoms with E-state index in [0.717, 1.165) is 12.1 Å². The Balaban J connectivity index is 1.90. The third kappa shape index (κ3) is 2.61. The monoisotopic (exact) mass is 330 g/mol. The van der Waals surface area contributed by atoms with Crippen LogP contribution < -0.4 is 0 Å². The van der Waals surface area contributed by atoms with E-state index in [0.29, 0.717) is 13.1 Å². The fraction of sp³-hybridized carbons (Fsp3) is 0.500. The van der Waals surface area contributed by atoms with Crippen LogP contribution in [0.1, 0.15) is 10.4 Å². The highest BCUT2D eigenvalue weighted by Gasteiger charge is 2.47. The summed E-state index contributed by atoms with van der Waals surface area (Å²) in [5, 5.41) is 0. The Bertz CT molecular complexity index is 723. The molecule has 3 rings (SSSR count). The third-order valence-corrected chi connectivity index (χ3v) is 6.08. The number of rotatable bonds is 1. The fourth-order valence-corrected chi connectivity index (χ4v) is 5.23. The van der Waals surface area contributed by atoms with Crippen molar-refractivity contribution < 1.29 is 22.0 Å². The third-order valence-electron chi connectivity index (χ3n) is 4.38. The van der Waals surface area contributed by atoms with Crippen LogP contribution >= 0.6 is 0 Å². The van der Waals surface area contributed by atoms with Crippen molar-refractivity contribution in [2.45, 2.75) is 12.1 Å². The molecule has 0 N–H and O–H groups in total. The van der Waals surface area contributed by atoms with Crippen LogP contribution in [-0.4, -0.2) is 67.9 Å². The van der Waals surface area contributed by atoms with E-state index in [9.17, 15) is 22.0 Å². The number of nitrogens with zero attached hydrogens (tertiary/aromatic N) is 2. The summed E-state index contributed by atoms with van der Waals surface area (Å²) in [6.07, 6.45) is 0. The lowest BCUT2D eigenvalue weighted by Gasteiger charge is -2.42. The summed E-state index contributed by atoms with van der Waals surface area (Å²) < 4.78 is 50.0. The van der Waals surface area contributed by atoms with Gasteiger partial charge in [-0.15, -0.1) is 0 Å². The zero-order chi connectivity index (χ0) is 16.1. The van der Waals surface area contributed by atoms with Gasteiger partial charge < -0.3 is 4.90 Å². The number of halogens is 2. The van der Waals surface area contributed by atoms with Crippen molar-refractivity contribution in [3.05, 3.63) is 35.4 Å². The van der Waals surface area contributed by atoms with Gasteiger partial charge in [0.25, 0.3) is 5.91 Å². The Morgan fingerprint density at radius 2 is 1.82 bits per heavy atom. The Labute approximate surface area is 127 Å². The molecule has 1 aromatic rings. The molecule has 2 saturated heterocycles. The SMILES string of the molecule is CN1CCN(C(=O)c2ccc(F)c(F)c2)[C@H]2CS(=O)(=O)C[C@H]21. The molecule has 2 aliphatic rings. The van der Waals surface area contributed by atoms with Crippen molar-refractivity contribution in [3.8, 4) is 0 Å². The van der Waals surface area contributed by atoms with E-state index in [1.807, 2.05) is 11.9 Å². The Morgan fingerprint density at radius 1 is 1.14 bits per heavy atom. The van der Waals surface area contributed by atoms with E-state index in [1.165, 1.54) is 11.0 Å². The molecule has 2 heterocycles. The Hall–Kier alpha value is -1.54. The largest absolute Gasteiger partial charge is 0.332 e. The number of carbonyl (C=O) groups is 1. The number of carbonyl (C=O) groups excluding carboxylic acids is 1. The molecular weight excluding hydrogens is 314 g/mol. The van der Waals surface area contributed by atoms with Crippen LogP contribution in [0.25, 0.3) is 0 Å². The molecule has 0 bridgehead atoms. The van der Waals surface area contributed by atoms with Crippen LogP contribution in [0.2, 0.25) is 0 Å². The van der Waals surface area contributed by atoms with Crippen molar-refractivity contribution in [1.29, 1.82) is 0 Å². The zero-order valence-corrected chi connectivity index (χ0v) is 12.8. The number of likely N-dealkylation sites (N-methyl/N-ethyl adjacent to an activating group) is 1. The summed E-state index contributed by atoms with van der Waals surface area (Å²) in [5.41, 5.74) is 0.0338. The van der Waals surface area contributed by atoms with Crippen LogP contribution in [-0.2, 0) is 9.84 Å². The van der Waals surface area contributed by atoms with Crippen molar-refractivity contribution in [1.82, 2.24) is 9.80 Å². The first-order chi connectivity index (χ1) is 10.3. The quantitative estimate of drug-likeness (QED) is 0.753. The zero-order valence-electron chi connectivity index (χ0n) is 12.0. The molecule has 5 nitrogen and oxygen atoms in total. The topological polar surface area (TPSA) is 57.7 Å². The maximum atomic E-state index is 13.3. The molecule has 8 heteroatoms. The predicted octanol–water partition coefficient (Wildman–Crippen LogP) is 0.518. The highest BCUT2D eigenvalue weighted by atomic mass is 32.2. The highest BCUT2D eigenvalue weighted by Crippen LogP contribution is 2.27. The molecule has 120 valence electrons. The van der Waals surface area contributed by atoms with E-state index in [2.05, 4.69) is 0 Å². The Morgan fingerprint density at radius 3 is 2.50 bits per heavy atom. The minimum Gasteiger partial charge on any atom is -0.332 e. The van der Waals surface area contributed by atoms with Crippen molar-refractivity contribution >= 4 is 15.7 Å².